The summed E-state index contributed by atoms with van der Waals surface area (Å²) >= 11 is 0. The molecule has 2 aromatic carbocycles. The smallest absolute Gasteiger partial charge is 0.253 e. The lowest BCUT2D eigenvalue weighted by molar-refractivity contribution is 0.0787. The molecule has 0 saturated carbocycles. The molecular formula is C23H28N2O2. The first kappa shape index (κ1) is 17.9. The fraction of sp³-hybridized carbons (Fsp3) is 0.435. The molecule has 1 amide bonds. The molecule has 1 N–H and O–H groups in total. The number of piperidine rings is 1. The fourth-order valence-electron chi connectivity index (χ4n) is 4.35. The summed E-state index contributed by atoms with van der Waals surface area (Å²) in [5, 5.41) is 9.62. The summed E-state index contributed by atoms with van der Waals surface area (Å²) in [5.74, 6) is 0.911. The highest BCUT2D eigenvalue weighted by molar-refractivity contribution is 5.94. The standard InChI is InChI=1S/C23H28N2O2/c26-22-6-4-5-18(16-22)15-19-11-14-25(17-19)23(27)20-7-9-21(10-8-20)24-12-2-1-3-13-24/h4-10,16,19,26H,1-3,11-15,17H2. The Balaban J connectivity index is 1.35. The lowest BCUT2D eigenvalue weighted by Gasteiger charge is -2.29. The molecule has 4 rings (SSSR count). The van der Waals surface area contributed by atoms with Crippen LogP contribution in [0.3, 0.4) is 0 Å². The van der Waals surface area contributed by atoms with E-state index in [4.69, 9.17) is 0 Å². The van der Waals surface area contributed by atoms with Crippen LogP contribution in [0.15, 0.2) is 48.5 Å². The first-order valence-electron chi connectivity index (χ1n) is 10.1. The predicted octanol–water partition coefficient (Wildman–Crippen LogP) is 4.09. The number of carbonyl (C=O) groups excluding carboxylic acids is 1. The number of phenolic OH excluding ortho intramolecular Hbond substituents is 1. The van der Waals surface area contributed by atoms with Crippen LogP contribution in [0.5, 0.6) is 5.75 Å². The molecule has 2 aliphatic heterocycles. The molecule has 4 nitrogen and oxygen atoms in total. The summed E-state index contributed by atoms with van der Waals surface area (Å²) in [6.07, 6.45) is 5.77. The molecule has 0 spiro atoms. The van der Waals surface area contributed by atoms with Gasteiger partial charge >= 0.3 is 0 Å². The average molecular weight is 364 g/mol. The summed E-state index contributed by atoms with van der Waals surface area (Å²) in [6.45, 7) is 3.85. The molecule has 1 atom stereocenters. The van der Waals surface area contributed by atoms with Crippen molar-refractivity contribution in [3.8, 4) is 5.75 Å². The largest absolute Gasteiger partial charge is 0.508 e. The van der Waals surface area contributed by atoms with Crippen LogP contribution in [0.1, 0.15) is 41.6 Å². The molecule has 1 unspecified atom stereocenters. The van der Waals surface area contributed by atoms with E-state index in [-0.39, 0.29) is 5.91 Å². The zero-order valence-corrected chi connectivity index (χ0v) is 15.8. The zero-order chi connectivity index (χ0) is 18.6. The topological polar surface area (TPSA) is 43.8 Å². The maximum absolute atomic E-state index is 12.9. The average Bonchev–Trinajstić information content (AvgIpc) is 3.17. The van der Waals surface area contributed by atoms with Gasteiger partial charge in [-0.25, -0.2) is 0 Å². The van der Waals surface area contributed by atoms with E-state index >= 15 is 0 Å². The van der Waals surface area contributed by atoms with E-state index in [1.807, 2.05) is 35.2 Å². The van der Waals surface area contributed by atoms with Crippen molar-refractivity contribution >= 4 is 11.6 Å². The van der Waals surface area contributed by atoms with Gasteiger partial charge in [0.1, 0.15) is 5.75 Å². The van der Waals surface area contributed by atoms with Crippen molar-refractivity contribution in [2.45, 2.75) is 32.1 Å². The monoisotopic (exact) mass is 364 g/mol. The maximum Gasteiger partial charge on any atom is 0.253 e. The number of carbonyl (C=O) groups is 1. The summed E-state index contributed by atoms with van der Waals surface area (Å²) in [7, 11) is 0. The van der Waals surface area contributed by atoms with Crippen LogP contribution in [-0.4, -0.2) is 42.1 Å². The molecule has 0 aliphatic carbocycles. The molecule has 142 valence electrons. The fourth-order valence-corrected chi connectivity index (χ4v) is 4.35. The number of hydrogen-bond acceptors (Lipinski definition) is 3. The summed E-state index contributed by atoms with van der Waals surface area (Å²) < 4.78 is 0. The molecule has 2 saturated heterocycles. The minimum Gasteiger partial charge on any atom is -0.508 e. The Kier molecular flexibility index (Phi) is 5.33. The Labute approximate surface area is 161 Å². The Hall–Kier alpha value is -2.49. The number of phenols is 1. The third kappa shape index (κ3) is 4.26. The highest BCUT2D eigenvalue weighted by Gasteiger charge is 2.27. The van der Waals surface area contributed by atoms with Crippen molar-refractivity contribution in [3.63, 3.8) is 0 Å². The number of likely N-dealkylation sites (tertiary alicyclic amines) is 1. The van der Waals surface area contributed by atoms with Crippen molar-refractivity contribution in [1.82, 2.24) is 4.90 Å². The SMILES string of the molecule is O=C(c1ccc(N2CCCCC2)cc1)N1CCC(Cc2cccc(O)c2)C1. The first-order valence-corrected chi connectivity index (χ1v) is 10.1. The van der Waals surface area contributed by atoms with Gasteiger partial charge in [-0.1, -0.05) is 12.1 Å². The van der Waals surface area contributed by atoms with Gasteiger partial charge < -0.3 is 14.9 Å². The van der Waals surface area contributed by atoms with Gasteiger partial charge in [-0.3, -0.25) is 4.79 Å². The highest BCUT2D eigenvalue weighted by atomic mass is 16.3. The van der Waals surface area contributed by atoms with Gasteiger partial charge in [0.15, 0.2) is 0 Å². The van der Waals surface area contributed by atoms with Gasteiger partial charge in [0.25, 0.3) is 5.91 Å². The third-order valence-corrected chi connectivity index (χ3v) is 5.84. The maximum atomic E-state index is 12.9. The van der Waals surface area contributed by atoms with Crippen molar-refractivity contribution in [1.29, 1.82) is 0 Å². The molecule has 2 fully saturated rings. The van der Waals surface area contributed by atoms with E-state index < -0.39 is 0 Å². The molecule has 2 heterocycles. The third-order valence-electron chi connectivity index (χ3n) is 5.84. The number of rotatable bonds is 4. The van der Waals surface area contributed by atoms with Gasteiger partial charge in [-0.2, -0.15) is 0 Å². The van der Waals surface area contributed by atoms with E-state index in [1.165, 1.54) is 24.9 Å². The molecule has 4 heteroatoms. The van der Waals surface area contributed by atoms with Crippen molar-refractivity contribution in [3.05, 3.63) is 59.7 Å². The van der Waals surface area contributed by atoms with Crippen LogP contribution in [0.2, 0.25) is 0 Å². The quantitative estimate of drug-likeness (QED) is 0.889. The summed E-state index contributed by atoms with van der Waals surface area (Å²) in [4.78, 5) is 17.3. The molecule has 0 radical (unpaired) electrons. The molecule has 2 aromatic rings. The summed E-state index contributed by atoms with van der Waals surface area (Å²) in [6, 6.07) is 15.6. The lowest BCUT2D eigenvalue weighted by Crippen LogP contribution is -2.30. The van der Waals surface area contributed by atoms with Crippen LogP contribution in [0.25, 0.3) is 0 Å². The minimum absolute atomic E-state index is 0.138. The second kappa shape index (κ2) is 8.03. The highest BCUT2D eigenvalue weighted by Crippen LogP contribution is 2.25. The molecule has 27 heavy (non-hydrogen) atoms. The number of anilines is 1. The van der Waals surface area contributed by atoms with Crippen LogP contribution < -0.4 is 4.90 Å². The van der Waals surface area contributed by atoms with Crippen LogP contribution in [0.4, 0.5) is 5.69 Å². The van der Waals surface area contributed by atoms with Crippen molar-refractivity contribution < 1.29 is 9.90 Å². The number of benzene rings is 2. The van der Waals surface area contributed by atoms with E-state index in [9.17, 15) is 9.90 Å². The zero-order valence-electron chi connectivity index (χ0n) is 15.8. The van der Waals surface area contributed by atoms with Crippen LogP contribution >= 0.6 is 0 Å². The Morgan fingerprint density at radius 2 is 1.78 bits per heavy atom. The van der Waals surface area contributed by atoms with Gasteiger partial charge in [0.2, 0.25) is 0 Å². The van der Waals surface area contributed by atoms with Gasteiger partial charge in [-0.15, -0.1) is 0 Å². The minimum atomic E-state index is 0.138. The molecule has 0 aromatic heterocycles. The van der Waals surface area contributed by atoms with E-state index in [1.54, 1.807) is 6.07 Å². The second-order valence-electron chi connectivity index (χ2n) is 7.87. The van der Waals surface area contributed by atoms with Gasteiger partial charge in [-0.05, 0) is 80.0 Å². The number of amides is 1. The van der Waals surface area contributed by atoms with Crippen molar-refractivity contribution in [2.24, 2.45) is 5.92 Å². The Morgan fingerprint density at radius 1 is 1.00 bits per heavy atom. The summed E-state index contributed by atoms with van der Waals surface area (Å²) in [5.41, 5.74) is 3.16. The number of aromatic hydroxyl groups is 1. The lowest BCUT2D eigenvalue weighted by atomic mass is 9.98. The molecule has 2 aliphatic rings. The number of hydrogen-bond donors (Lipinski definition) is 1. The van der Waals surface area contributed by atoms with Gasteiger partial charge in [0, 0.05) is 37.4 Å². The Bertz CT molecular complexity index is 781. The van der Waals surface area contributed by atoms with Crippen LogP contribution in [-0.2, 0) is 6.42 Å². The normalized spacial score (nSPS) is 20.1. The molecular weight excluding hydrogens is 336 g/mol. The van der Waals surface area contributed by atoms with E-state index in [0.29, 0.717) is 11.7 Å². The first-order chi connectivity index (χ1) is 13.2. The van der Waals surface area contributed by atoms with E-state index in [0.717, 1.165) is 50.1 Å². The molecule has 0 bridgehead atoms. The van der Waals surface area contributed by atoms with Crippen LogP contribution in [0, 0.1) is 5.92 Å². The predicted molar refractivity (Wildman–Crippen MR) is 108 cm³/mol. The van der Waals surface area contributed by atoms with Gasteiger partial charge in [0.05, 0.1) is 0 Å². The van der Waals surface area contributed by atoms with E-state index in [2.05, 4.69) is 17.0 Å². The number of nitrogens with zero attached hydrogens (tertiary/aromatic N) is 2. The van der Waals surface area contributed by atoms with Crippen molar-refractivity contribution in [2.75, 3.05) is 31.1 Å². The Morgan fingerprint density at radius 3 is 2.52 bits per heavy atom. The second-order valence-corrected chi connectivity index (χ2v) is 7.87.